The van der Waals surface area contributed by atoms with Gasteiger partial charge in [0.2, 0.25) is 0 Å². The number of hydrogen-bond acceptors (Lipinski definition) is 2. The third kappa shape index (κ3) is 6.21. The molecule has 3 aromatic carbocycles. The summed E-state index contributed by atoms with van der Waals surface area (Å²) < 4.78 is 39.8. The molecule has 1 aliphatic rings. The first-order valence-electron chi connectivity index (χ1n) is 12.6. The summed E-state index contributed by atoms with van der Waals surface area (Å²) in [7, 11) is 0. The summed E-state index contributed by atoms with van der Waals surface area (Å²) in [5.74, 6) is 1.46. The molecule has 0 bridgehead atoms. The number of benzene rings is 3. The van der Waals surface area contributed by atoms with Crippen molar-refractivity contribution in [3.05, 3.63) is 93.0 Å². The van der Waals surface area contributed by atoms with E-state index < -0.39 is 11.7 Å². The van der Waals surface area contributed by atoms with Crippen LogP contribution in [0.4, 0.5) is 24.5 Å². The second-order valence-electron chi connectivity index (χ2n) is 9.84. The number of alkyl halides is 3. The zero-order valence-electron chi connectivity index (χ0n) is 22.3. The van der Waals surface area contributed by atoms with Crippen LogP contribution in [0.5, 0.6) is 0 Å². The molecule has 3 aromatic rings. The van der Waals surface area contributed by atoms with Crippen LogP contribution in [0, 0.1) is 27.7 Å². The molecule has 0 unspecified atom stereocenters. The number of aryl methyl sites for hydroxylation is 4. The van der Waals surface area contributed by atoms with E-state index in [1.54, 1.807) is 0 Å². The van der Waals surface area contributed by atoms with Crippen LogP contribution in [-0.4, -0.2) is 41.2 Å². The van der Waals surface area contributed by atoms with Gasteiger partial charge in [-0.25, -0.2) is 9.98 Å². The molecular weight excluding hydrogens is 509 g/mol. The number of halogens is 4. The largest absolute Gasteiger partial charge is 0.416 e. The number of nitrogens with zero attached hydrogens (tertiary/aromatic N) is 4. The van der Waals surface area contributed by atoms with Gasteiger partial charge in [-0.1, -0.05) is 48.0 Å². The van der Waals surface area contributed by atoms with E-state index in [0.29, 0.717) is 35.3 Å². The van der Waals surface area contributed by atoms with Crippen molar-refractivity contribution in [2.75, 3.05) is 19.8 Å². The second-order valence-corrected chi connectivity index (χ2v) is 10.3. The Balaban J connectivity index is 1.74. The van der Waals surface area contributed by atoms with E-state index in [4.69, 9.17) is 21.6 Å². The molecule has 0 aliphatic carbocycles. The van der Waals surface area contributed by atoms with E-state index in [-0.39, 0.29) is 0 Å². The first-order chi connectivity index (χ1) is 17.9. The van der Waals surface area contributed by atoms with Crippen molar-refractivity contribution in [1.82, 2.24) is 9.80 Å². The second kappa shape index (κ2) is 11.2. The van der Waals surface area contributed by atoms with Crippen LogP contribution >= 0.6 is 11.6 Å². The van der Waals surface area contributed by atoms with Crippen molar-refractivity contribution in [2.45, 2.75) is 47.2 Å². The summed E-state index contributed by atoms with van der Waals surface area (Å²) in [6.45, 7) is 12.0. The van der Waals surface area contributed by atoms with Crippen LogP contribution < -0.4 is 0 Å². The van der Waals surface area contributed by atoms with E-state index in [0.717, 1.165) is 58.9 Å². The number of rotatable bonds is 3. The fourth-order valence-corrected chi connectivity index (χ4v) is 5.10. The summed E-state index contributed by atoms with van der Waals surface area (Å²) in [6.07, 6.45) is -3.56. The average molecular weight is 541 g/mol. The van der Waals surface area contributed by atoms with Gasteiger partial charge in [0, 0.05) is 18.7 Å². The molecule has 1 saturated heterocycles. The number of hydrogen-bond donors (Lipinski definition) is 0. The lowest BCUT2D eigenvalue weighted by atomic mass is 10.1. The molecule has 4 rings (SSSR count). The van der Waals surface area contributed by atoms with Gasteiger partial charge in [0.25, 0.3) is 0 Å². The monoisotopic (exact) mass is 540 g/mol. The molecule has 0 atom stereocenters. The van der Waals surface area contributed by atoms with Gasteiger partial charge in [-0.15, -0.1) is 0 Å². The summed E-state index contributed by atoms with van der Waals surface area (Å²) >= 11 is 6.59. The Morgan fingerprint density at radius 3 is 2.05 bits per heavy atom. The molecule has 0 N–H and O–H groups in total. The van der Waals surface area contributed by atoms with Crippen molar-refractivity contribution in [1.29, 1.82) is 0 Å². The lowest BCUT2D eigenvalue weighted by molar-refractivity contribution is -0.137. The molecule has 0 aromatic heterocycles. The van der Waals surface area contributed by atoms with Crippen molar-refractivity contribution in [2.24, 2.45) is 9.98 Å². The van der Waals surface area contributed by atoms with Gasteiger partial charge < -0.3 is 9.80 Å². The van der Waals surface area contributed by atoms with Gasteiger partial charge in [0.05, 0.1) is 28.6 Å². The Morgan fingerprint density at radius 2 is 1.45 bits per heavy atom. The van der Waals surface area contributed by atoms with E-state index in [2.05, 4.69) is 9.80 Å². The average Bonchev–Trinajstić information content (AvgIpc) is 2.85. The van der Waals surface area contributed by atoms with E-state index in [1.165, 1.54) is 12.1 Å². The van der Waals surface area contributed by atoms with Crippen molar-refractivity contribution in [3.8, 4) is 0 Å². The van der Waals surface area contributed by atoms with Crippen LogP contribution in [0.1, 0.15) is 46.7 Å². The van der Waals surface area contributed by atoms with Crippen LogP contribution in [0.2, 0.25) is 5.02 Å². The molecule has 200 valence electrons. The van der Waals surface area contributed by atoms with Crippen molar-refractivity contribution in [3.63, 3.8) is 0 Å². The van der Waals surface area contributed by atoms with Crippen LogP contribution in [-0.2, 0) is 6.18 Å². The fraction of sp³-hybridized carbons (Fsp3) is 0.333. The molecule has 4 nitrogen and oxygen atoms in total. The van der Waals surface area contributed by atoms with Crippen molar-refractivity contribution < 1.29 is 13.2 Å². The highest BCUT2D eigenvalue weighted by atomic mass is 35.5. The predicted molar refractivity (Wildman–Crippen MR) is 150 cm³/mol. The normalized spacial score (nSPS) is 15.3. The maximum atomic E-state index is 13.3. The Labute approximate surface area is 227 Å². The molecule has 0 amide bonds. The Morgan fingerprint density at radius 1 is 0.816 bits per heavy atom. The lowest BCUT2D eigenvalue weighted by Crippen LogP contribution is -2.49. The van der Waals surface area contributed by atoms with E-state index in [1.807, 2.05) is 65.0 Å². The summed E-state index contributed by atoms with van der Waals surface area (Å²) in [5.41, 5.74) is 5.61. The number of para-hydroxylation sites is 1. The zero-order valence-corrected chi connectivity index (χ0v) is 23.1. The number of amidine groups is 2. The quantitative estimate of drug-likeness (QED) is 0.247. The molecule has 0 saturated carbocycles. The predicted octanol–water partition coefficient (Wildman–Crippen LogP) is 8.39. The highest BCUT2D eigenvalue weighted by Gasteiger charge is 2.31. The molecule has 1 heterocycles. The topological polar surface area (TPSA) is 31.2 Å². The van der Waals surface area contributed by atoms with Crippen LogP contribution in [0.15, 0.2) is 64.6 Å². The smallest absolute Gasteiger partial charge is 0.342 e. The highest BCUT2D eigenvalue weighted by molar-refractivity contribution is 6.33. The minimum Gasteiger partial charge on any atom is -0.342 e. The maximum Gasteiger partial charge on any atom is 0.416 e. The molecule has 1 fully saturated rings. The van der Waals surface area contributed by atoms with Gasteiger partial charge in [-0.05, 0) is 81.5 Å². The summed E-state index contributed by atoms with van der Waals surface area (Å²) in [6, 6.07) is 15.1. The van der Waals surface area contributed by atoms with Crippen LogP contribution in [0.3, 0.4) is 0 Å². The first kappa shape index (κ1) is 27.7. The van der Waals surface area contributed by atoms with Crippen LogP contribution in [0.25, 0.3) is 0 Å². The molecule has 38 heavy (non-hydrogen) atoms. The molecule has 0 radical (unpaired) electrons. The molecule has 1 aliphatic heterocycles. The standard InChI is InChI=1S/C30H32ClF3N4/c1-19-16-22(4)28(26(31)17-19)36-29(24-10-12-25(13-11-24)30(32,33)34)38-15-7-14-37(18-38)23(5)35-27-20(2)8-6-9-21(27)3/h6,8-13,16-17H,7,14-15,18H2,1-5H3/b35-23+,36-29+. The Hall–Kier alpha value is -3.32. The zero-order chi connectivity index (χ0) is 27.6. The summed E-state index contributed by atoms with van der Waals surface area (Å²) in [4.78, 5) is 14.2. The van der Waals surface area contributed by atoms with Gasteiger partial charge in [-0.3, -0.25) is 0 Å². The minimum atomic E-state index is -4.41. The lowest BCUT2D eigenvalue weighted by Gasteiger charge is -2.38. The third-order valence-corrected chi connectivity index (χ3v) is 7.04. The van der Waals surface area contributed by atoms with E-state index in [9.17, 15) is 13.2 Å². The van der Waals surface area contributed by atoms with Crippen molar-refractivity contribution >= 4 is 34.6 Å². The van der Waals surface area contributed by atoms with Gasteiger partial charge >= 0.3 is 6.18 Å². The molecule has 8 heteroatoms. The highest BCUT2D eigenvalue weighted by Crippen LogP contribution is 2.33. The van der Waals surface area contributed by atoms with Gasteiger partial charge in [-0.2, -0.15) is 13.2 Å². The van der Waals surface area contributed by atoms with Gasteiger partial charge in [0.1, 0.15) is 11.7 Å². The fourth-order valence-electron chi connectivity index (χ4n) is 4.73. The molecular formula is C30H32ClF3N4. The molecule has 0 spiro atoms. The summed E-state index contributed by atoms with van der Waals surface area (Å²) in [5, 5.41) is 0.508. The minimum absolute atomic E-state index is 0.503. The van der Waals surface area contributed by atoms with Gasteiger partial charge in [0.15, 0.2) is 0 Å². The first-order valence-corrected chi connectivity index (χ1v) is 13.0. The Bertz CT molecular complexity index is 1330. The maximum absolute atomic E-state index is 13.3. The Kier molecular flexibility index (Phi) is 8.16. The SMILES string of the molecule is C/C(=N\c1c(C)cccc1C)N1CCCN(/C(=N/c2c(C)cc(C)cc2Cl)c2ccc(C(F)(F)F)cc2)C1. The number of aliphatic imine (C=N–C) groups is 2. The van der Waals surface area contributed by atoms with E-state index >= 15 is 0 Å². The third-order valence-electron chi connectivity index (χ3n) is 6.75.